The van der Waals surface area contributed by atoms with Crippen LogP contribution in [0.4, 0.5) is 5.69 Å². The summed E-state index contributed by atoms with van der Waals surface area (Å²) in [6, 6.07) is 16.8. The predicted molar refractivity (Wildman–Crippen MR) is 105 cm³/mol. The molecule has 3 aliphatic heterocycles. The van der Waals surface area contributed by atoms with E-state index in [9.17, 15) is 9.59 Å². The average molecular weight is 377 g/mol. The minimum Gasteiger partial charge on any atom is -0.494 e. The zero-order valence-electron chi connectivity index (χ0n) is 15.8. The van der Waals surface area contributed by atoms with Crippen molar-refractivity contribution in [1.82, 2.24) is 10.0 Å². The molecule has 3 heterocycles. The van der Waals surface area contributed by atoms with Crippen molar-refractivity contribution >= 4 is 17.5 Å². The lowest BCUT2D eigenvalue weighted by Crippen LogP contribution is -2.44. The highest BCUT2D eigenvalue weighted by molar-refractivity contribution is 6.24. The monoisotopic (exact) mass is 377 g/mol. The SMILES string of the molecule is CCOc1ccc(N2C(=O)[C@@H]3[C@@H](c4ccccc4)N4CCCN4[C@H]3C2=O)cc1. The molecular weight excluding hydrogens is 354 g/mol. The molecule has 3 atom stereocenters. The van der Waals surface area contributed by atoms with Crippen LogP contribution in [0.1, 0.15) is 24.9 Å². The van der Waals surface area contributed by atoms with Gasteiger partial charge in [0.2, 0.25) is 5.91 Å². The van der Waals surface area contributed by atoms with Gasteiger partial charge in [0.1, 0.15) is 11.8 Å². The molecule has 0 aliphatic carbocycles. The molecule has 3 fully saturated rings. The Bertz CT molecular complexity index is 899. The van der Waals surface area contributed by atoms with Crippen LogP contribution in [0.15, 0.2) is 54.6 Å². The second-order valence-electron chi connectivity index (χ2n) is 7.44. The molecule has 0 spiro atoms. The quantitative estimate of drug-likeness (QED) is 0.767. The Morgan fingerprint density at radius 1 is 0.893 bits per heavy atom. The standard InChI is InChI=1S/C22H23N3O3/c1-2-28-17-11-9-16(10-12-17)25-21(26)18-19(15-7-4-3-5-8-15)23-13-6-14-24(23)20(18)22(25)27/h3-5,7-12,18-20H,2,6,13-14H2,1H3/t18-,19-,20-/m1/s1. The van der Waals surface area contributed by atoms with Gasteiger partial charge in [0.15, 0.2) is 0 Å². The predicted octanol–water partition coefficient (Wildman–Crippen LogP) is 2.62. The molecule has 3 saturated heterocycles. The fraction of sp³-hybridized carbons (Fsp3) is 0.364. The molecule has 144 valence electrons. The maximum absolute atomic E-state index is 13.4. The van der Waals surface area contributed by atoms with Crippen molar-refractivity contribution in [1.29, 1.82) is 0 Å². The Morgan fingerprint density at radius 3 is 2.25 bits per heavy atom. The zero-order chi connectivity index (χ0) is 19.3. The molecule has 2 aromatic rings. The van der Waals surface area contributed by atoms with E-state index in [1.807, 2.05) is 37.3 Å². The largest absolute Gasteiger partial charge is 0.494 e. The topological polar surface area (TPSA) is 53.1 Å². The molecule has 2 aromatic carbocycles. The number of fused-ring (bicyclic) bond motifs is 3. The van der Waals surface area contributed by atoms with E-state index >= 15 is 0 Å². The summed E-state index contributed by atoms with van der Waals surface area (Å²) in [5, 5.41) is 4.35. The number of anilines is 1. The summed E-state index contributed by atoms with van der Waals surface area (Å²) in [4.78, 5) is 28.1. The molecule has 5 rings (SSSR count). The molecule has 0 bridgehead atoms. The average Bonchev–Trinajstić information content (AvgIpc) is 3.36. The number of rotatable bonds is 4. The van der Waals surface area contributed by atoms with Gasteiger partial charge in [-0.3, -0.25) is 9.59 Å². The van der Waals surface area contributed by atoms with Crippen LogP contribution in [-0.2, 0) is 9.59 Å². The maximum Gasteiger partial charge on any atom is 0.253 e. The van der Waals surface area contributed by atoms with Gasteiger partial charge in [-0.1, -0.05) is 30.3 Å². The lowest BCUT2D eigenvalue weighted by atomic mass is 9.90. The number of hydrazine groups is 1. The molecule has 0 aromatic heterocycles. The van der Waals surface area contributed by atoms with Gasteiger partial charge in [0.05, 0.1) is 24.3 Å². The van der Waals surface area contributed by atoms with E-state index in [0.717, 1.165) is 30.8 Å². The van der Waals surface area contributed by atoms with Crippen LogP contribution < -0.4 is 9.64 Å². The third-order valence-corrected chi connectivity index (χ3v) is 5.95. The van der Waals surface area contributed by atoms with Crippen molar-refractivity contribution in [3.05, 3.63) is 60.2 Å². The van der Waals surface area contributed by atoms with Crippen molar-refractivity contribution in [3.63, 3.8) is 0 Å². The van der Waals surface area contributed by atoms with Crippen LogP contribution in [0.3, 0.4) is 0 Å². The second-order valence-corrected chi connectivity index (χ2v) is 7.44. The van der Waals surface area contributed by atoms with Crippen molar-refractivity contribution in [3.8, 4) is 5.75 Å². The van der Waals surface area contributed by atoms with Gasteiger partial charge in [-0.2, -0.15) is 0 Å². The molecular formula is C22H23N3O3. The number of hydrogen-bond acceptors (Lipinski definition) is 5. The number of nitrogens with zero attached hydrogens (tertiary/aromatic N) is 3. The van der Waals surface area contributed by atoms with Crippen molar-refractivity contribution in [2.75, 3.05) is 24.6 Å². The number of hydrogen-bond donors (Lipinski definition) is 0. The number of imide groups is 1. The summed E-state index contributed by atoms with van der Waals surface area (Å²) in [5.74, 6) is 0.132. The lowest BCUT2D eigenvalue weighted by Gasteiger charge is -2.29. The van der Waals surface area contributed by atoms with E-state index in [4.69, 9.17) is 4.74 Å². The van der Waals surface area contributed by atoms with E-state index < -0.39 is 6.04 Å². The summed E-state index contributed by atoms with van der Waals surface area (Å²) in [5.41, 5.74) is 1.71. The van der Waals surface area contributed by atoms with Gasteiger partial charge in [-0.15, -0.1) is 0 Å². The van der Waals surface area contributed by atoms with Crippen LogP contribution in [0.25, 0.3) is 0 Å². The summed E-state index contributed by atoms with van der Waals surface area (Å²) >= 11 is 0. The minimum atomic E-state index is -0.410. The van der Waals surface area contributed by atoms with E-state index in [0.29, 0.717) is 12.3 Å². The highest BCUT2D eigenvalue weighted by Gasteiger charge is 2.62. The molecule has 0 radical (unpaired) electrons. The summed E-state index contributed by atoms with van der Waals surface area (Å²) in [7, 11) is 0. The van der Waals surface area contributed by atoms with E-state index in [2.05, 4.69) is 22.2 Å². The van der Waals surface area contributed by atoms with Crippen LogP contribution in [-0.4, -0.2) is 47.6 Å². The Morgan fingerprint density at radius 2 is 1.57 bits per heavy atom. The molecule has 6 nitrogen and oxygen atoms in total. The van der Waals surface area contributed by atoms with E-state index in [1.165, 1.54) is 4.90 Å². The van der Waals surface area contributed by atoms with Gasteiger partial charge in [0.25, 0.3) is 5.91 Å². The number of amides is 2. The van der Waals surface area contributed by atoms with E-state index in [1.54, 1.807) is 12.1 Å². The minimum absolute atomic E-state index is 0.0853. The number of ether oxygens (including phenoxy) is 1. The third kappa shape index (κ3) is 2.48. The first-order valence-corrected chi connectivity index (χ1v) is 9.89. The van der Waals surface area contributed by atoms with E-state index in [-0.39, 0.29) is 23.8 Å². The first-order valence-electron chi connectivity index (χ1n) is 9.89. The van der Waals surface area contributed by atoms with Crippen LogP contribution >= 0.6 is 0 Å². The summed E-state index contributed by atoms with van der Waals surface area (Å²) < 4.78 is 5.48. The molecule has 28 heavy (non-hydrogen) atoms. The Kier molecular flexibility index (Phi) is 4.18. The molecule has 0 unspecified atom stereocenters. The highest BCUT2D eigenvalue weighted by Crippen LogP contribution is 2.48. The smallest absolute Gasteiger partial charge is 0.253 e. The number of benzene rings is 2. The molecule has 3 aliphatic rings. The summed E-state index contributed by atoms with van der Waals surface area (Å²) in [6.45, 7) is 4.21. The zero-order valence-corrected chi connectivity index (χ0v) is 15.8. The Balaban J connectivity index is 1.52. The van der Waals surface area contributed by atoms with Crippen LogP contribution in [0, 0.1) is 5.92 Å². The first-order chi connectivity index (χ1) is 13.7. The molecule has 2 amide bonds. The second kappa shape index (κ2) is 6.72. The number of carbonyl (C=O) groups is 2. The lowest BCUT2D eigenvalue weighted by molar-refractivity contribution is -0.126. The fourth-order valence-electron chi connectivity index (χ4n) is 4.88. The summed E-state index contributed by atoms with van der Waals surface area (Å²) in [6.07, 6.45) is 1.01. The van der Waals surface area contributed by atoms with Crippen molar-refractivity contribution < 1.29 is 14.3 Å². The van der Waals surface area contributed by atoms with Crippen LogP contribution in [0.5, 0.6) is 5.75 Å². The third-order valence-electron chi connectivity index (χ3n) is 5.95. The van der Waals surface area contributed by atoms with Gasteiger partial charge in [-0.05, 0) is 43.2 Å². The highest BCUT2D eigenvalue weighted by atomic mass is 16.5. The Labute approximate surface area is 164 Å². The normalized spacial score (nSPS) is 27.3. The van der Waals surface area contributed by atoms with Crippen molar-refractivity contribution in [2.45, 2.75) is 25.4 Å². The molecule has 0 N–H and O–H groups in total. The van der Waals surface area contributed by atoms with Gasteiger partial charge < -0.3 is 4.74 Å². The fourth-order valence-corrected chi connectivity index (χ4v) is 4.88. The Hall–Kier alpha value is -2.70. The van der Waals surface area contributed by atoms with Crippen LogP contribution in [0.2, 0.25) is 0 Å². The van der Waals surface area contributed by atoms with Gasteiger partial charge >= 0.3 is 0 Å². The van der Waals surface area contributed by atoms with Gasteiger partial charge in [-0.25, -0.2) is 14.9 Å². The van der Waals surface area contributed by atoms with Gasteiger partial charge in [0, 0.05) is 13.1 Å². The van der Waals surface area contributed by atoms with Crippen molar-refractivity contribution in [2.24, 2.45) is 5.92 Å². The molecule has 6 heteroatoms. The number of carbonyl (C=O) groups excluding carboxylic acids is 2. The first kappa shape index (κ1) is 17.4. The maximum atomic E-state index is 13.4. The molecule has 0 saturated carbocycles.